The Kier molecular flexibility index (Phi) is 5.01. The summed E-state index contributed by atoms with van der Waals surface area (Å²) in [5.74, 6) is 0. The van der Waals surface area contributed by atoms with Crippen molar-refractivity contribution in [1.29, 1.82) is 0 Å². The van der Waals surface area contributed by atoms with Crippen LogP contribution in [0.15, 0.2) is 30.3 Å². The van der Waals surface area contributed by atoms with Gasteiger partial charge in [-0.15, -0.1) is 0 Å². The Balaban J connectivity index is 2.50. The van der Waals surface area contributed by atoms with E-state index in [9.17, 15) is 4.79 Å². The monoisotopic (exact) mass is 205 g/mol. The number of carbonyl (C=O) groups excluding carboxylic acids is 1. The van der Waals surface area contributed by atoms with E-state index in [0.717, 1.165) is 13.1 Å². The van der Waals surface area contributed by atoms with E-state index >= 15 is 0 Å². The van der Waals surface area contributed by atoms with Gasteiger partial charge in [-0.25, -0.2) is 0 Å². The van der Waals surface area contributed by atoms with E-state index in [1.165, 1.54) is 5.56 Å². The van der Waals surface area contributed by atoms with Gasteiger partial charge in [0.1, 0.15) is 0 Å². The molecule has 2 N–H and O–H groups in total. The third-order valence-corrected chi connectivity index (χ3v) is 2.30. The van der Waals surface area contributed by atoms with Gasteiger partial charge in [0.25, 0.3) is 0 Å². The molecule has 1 unspecified atom stereocenters. The van der Waals surface area contributed by atoms with E-state index in [1.807, 2.05) is 18.2 Å². The molecule has 1 rings (SSSR count). The molecule has 1 aromatic carbocycles. The highest BCUT2D eigenvalue weighted by Crippen LogP contribution is 2.03. The van der Waals surface area contributed by atoms with Gasteiger partial charge in [-0.1, -0.05) is 37.3 Å². The van der Waals surface area contributed by atoms with Crippen LogP contribution in [0, 0.1) is 0 Å². The lowest BCUT2D eigenvalue weighted by atomic mass is 10.2. The van der Waals surface area contributed by atoms with Gasteiger partial charge in [-0.3, -0.25) is 9.69 Å². The number of benzene rings is 1. The normalized spacial score (nSPS) is 12.7. The van der Waals surface area contributed by atoms with Crippen molar-refractivity contribution in [3.63, 3.8) is 0 Å². The fraction of sp³-hybridized carbons (Fsp3) is 0.417. The number of nitrogens with zero attached hydrogens (tertiary/aromatic N) is 1. The van der Waals surface area contributed by atoms with Gasteiger partial charge in [0.15, 0.2) is 0 Å². The largest absolute Gasteiger partial charge is 0.320 e. The standard InChI is InChI=1S/C12H17N2O/c1-2-14(9-12(13)10-15)8-11-6-4-3-5-7-11/h3-7,12H,2,8-9,13H2,1H3. The molecule has 81 valence electrons. The number of nitrogens with two attached hydrogens (primary N) is 1. The predicted molar refractivity (Wildman–Crippen MR) is 61.1 cm³/mol. The van der Waals surface area contributed by atoms with Crippen molar-refractivity contribution in [1.82, 2.24) is 4.90 Å². The first-order valence-electron chi connectivity index (χ1n) is 5.15. The third kappa shape index (κ3) is 4.23. The maximum Gasteiger partial charge on any atom is 0.218 e. The van der Waals surface area contributed by atoms with Crippen molar-refractivity contribution in [2.45, 2.75) is 19.5 Å². The van der Waals surface area contributed by atoms with Gasteiger partial charge in [0.05, 0.1) is 6.04 Å². The molecule has 1 radical (unpaired) electrons. The second-order valence-corrected chi connectivity index (χ2v) is 3.54. The van der Waals surface area contributed by atoms with Crippen molar-refractivity contribution in [3.05, 3.63) is 35.9 Å². The highest BCUT2D eigenvalue weighted by atomic mass is 16.1. The average Bonchev–Trinajstić information content (AvgIpc) is 2.29. The summed E-state index contributed by atoms with van der Waals surface area (Å²) in [5.41, 5.74) is 6.77. The van der Waals surface area contributed by atoms with Crippen LogP contribution in [-0.2, 0) is 11.3 Å². The Labute approximate surface area is 90.9 Å². The second kappa shape index (κ2) is 6.32. The molecule has 0 heterocycles. The van der Waals surface area contributed by atoms with Crippen LogP contribution in [0.5, 0.6) is 0 Å². The predicted octanol–water partition coefficient (Wildman–Crippen LogP) is 0.946. The van der Waals surface area contributed by atoms with E-state index < -0.39 is 6.04 Å². The van der Waals surface area contributed by atoms with Crippen molar-refractivity contribution >= 4 is 6.29 Å². The molecule has 0 saturated carbocycles. The molecule has 0 aliphatic rings. The van der Waals surface area contributed by atoms with Gasteiger partial charge in [0.2, 0.25) is 6.29 Å². The molecule has 0 amide bonds. The minimum atomic E-state index is -0.506. The van der Waals surface area contributed by atoms with Crippen molar-refractivity contribution < 1.29 is 4.79 Å². The smallest absolute Gasteiger partial charge is 0.218 e. The maximum absolute atomic E-state index is 10.3. The highest BCUT2D eigenvalue weighted by Gasteiger charge is 2.08. The minimum Gasteiger partial charge on any atom is -0.320 e. The Morgan fingerprint density at radius 2 is 2.07 bits per heavy atom. The third-order valence-electron chi connectivity index (χ3n) is 2.30. The molecule has 1 atom stereocenters. The van der Waals surface area contributed by atoms with E-state index in [4.69, 9.17) is 5.73 Å². The Morgan fingerprint density at radius 1 is 1.40 bits per heavy atom. The summed E-state index contributed by atoms with van der Waals surface area (Å²) in [6.45, 7) is 4.33. The van der Waals surface area contributed by atoms with Gasteiger partial charge in [-0.2, -0.15) is 0 Å². The summed E-state index contributed by atoms with van der Waals surface area (Å²) < 4.78 is 0. The molecule has 0 bridgehead atoms. The first kappa shape index (κ1) is 11.9. The van der Waals surface area contributed by atoms with Crippen LogP contribution in [0.4, 0.5) is 0 Å². The van der Waals surface area contributed by atoms with Crippen LogP contribution < -0.4 is 5.73 Å². The molecule has 0 spiro atoms. The summed E-state index contributed by atoms with van der Waals surface area (Å²) in [6.07, 6.45) is 1.80. The molecule has 0 aliphatic heterocycles. The van der Waals surface area contributed by atoms with Gasteiger partial charge in [0, 0.05) is 13.1 Å². The van der Waals surface area contributed by atoms with Crippen LogP contribution in [0.3, 0.4) is 0 Å². The van der Waals surface area contributed by atoms with Crippen molar-refractivity contribution in [3.8, 4) is 0 Å². The summed E-state index contributed by atoms with van der Waals surface area (Å²) in [5, 5.41) is 0. The zero-order chi connectivity index (χ0) is 11.1. The van der Waals surface area contributed by atoms with E-state index in [-0.39, 0.29) is 0 Å². The Bertz CT molecular complexity index is 287. The average molecular weight is 205 g/mol. The molecule has 1 aromatic rings. The van der Waals surface area contributed by atoms with E-state index in [0.29, 0.717) is 6.54 Å². The molecule has 3 nitrogen and oxygen atoms in total. The van der Waals surface area contributed by atoms with Crippen LogP contribution in [0.25, 0.3) is 0 Å². The van der Waals surface area contributed by atoms with Gasteiger partial charge < -0.3 is 5.73 Å². The fourth-order valence-corrected chi connectivity index (χ4v) is 1.46. The van der Waals surface area contributed by atoms with Crippen LogP contribution in [-0.4, -0.2) is 30.3 Å². The van der Waals surface area contributed by atoms with E-state index in [2.05, 4.69) is 24.0 Å². The van der Waals surface area contributed by atoms with Crippen molar-refractivity contribution in [2.75, 3.05) is 13.1 Å². The molecule has 0 saturated heterocycles. The van der Waals surface area contributed by atoms with Crippen LogP contribution in [0.2, 0.25) is 0 Å². The first-order valence-corrected chi connectivity index (χ1v) is 5.15. The summed E-state index contributed by atoms with van der Waals surface area (Å²) in [6, 6.07) is 9.64. The summed E-state index contributed by atoms with van der Waals surface area (Å²) >= 11 is 0. The van der Waals surface area contributed by atoms with E-state index in [1.54, 1.807) is 6.29 Å². The Hall–Kier alpha value is -1.19. The summed E-state index contributed by atoms with van der Waals surface area (Å²) in [7, 11) is 0. The molecule has 0 aliphatic carbocycles. The summed E-state index contributed by atoms with van der Waals surface area (Å²) in [4.78, 5) is 12.5. The lowest BCUT2D eigenvalue weighted by Crippen LogP contribution is -2.38. The Morgan fingerprint density at radius 3 is 2.60 bits per heavy atom. The molecule has 15 heavy (non-hydrogen) atoms. The number of rotatable bonds is 6. The molecule has 0 fully saturated rings. The van der Waals surface area contributed by atoms with Crippen LogP contribution >= 0.6 is 0 Å². The highest BCUT2D eigenvalue weighted by molar-refractivity contribution is 5.58. The zero-order valence-corrected chi connectivity index (χ0v) is 9.02. The van der Waals surface area contributed by atoms with Crippen molar-refractivity contribution in [2.24, 2.45) is 5.73 Å². The van der Waals surface area contributed by atoms with Gasteiger partial charge in [-0.05, 0) is 12.1 Å². The lowest BCUT2D eigenvalue weighted by Gasteiger charge is -2.21. The second-order valence-electron chi connectivity index (χ2n) is 3.54. The molecule has 3 heteroatoms. The molecule has 0 aromatic heterocycles. The zero-order valence-electron chi connectivity index (χ0n) is 9.02. The topological polar surface area (TPSA) is 46.3 Å². The number of hydrogen-bond donors (Lipinski definition) is 1. The number of hydrogen-bond acceptors (Lipinski definition) is 3. The molecular formula is C12H17N2O. The minimum absolute atomic E-state index is 0.506. The molecular weight excluding hydrogens is 188 g/mol. The first-order chi connectivity index (χ1) is 7.26. The van der Waals surface area contributed by atoms with Gasteiger partial charge >= 0.3 is 0 Å². The van der Waals surface area contributed by atoms with Crippen LogP contribution in [0.1, 0.15) is 12.5 Å². The quantitative estimate of drug-likeness (QED) is 0.752. The lowest BCUT2D eigenvalue weighted by molar-refractivity contribution is 0.275. The fourth-order valence-electron chi connectivity index (χ4n) is 1.46. The maximum atomic E-state index is 10.3. The number of likely N-dealkylation sites (N-methyl/N-ethyl adjacent to an activating group) is 1. The SMILES string of the molecule is CCN(Cc1ccccc1)CC(N)[C]=O.